The Morgan fingerprint density at radius 1 is 0.388 bits per heavy atom. The van der Waals surface area contributed by atoms with Gasteiger partial charge in [-0.15, -0.1) is 0 Å². The number of hydrogen-bond acceptors (Lipinski definition) is 9. The molecule has 0 aromatic heterocycles. The van der Waals surface area contributed by atoms with Crippen LogP contribution in [0, 0.1) is 0 Å². The molecular formula is C40H68N6O3. The Bertz CT molecular complexity index is 963. The molecule has 0 unspecified atom stereocenters. The van der Waals surface area contributed by atoms with Crippen molar-refractivity contribution in [1.82, 2.24) is 29.4 Å². The zero-order valence-electron chi connectivity index (χ0n) is 31.8. The van der Waals surface area contributed by atoms with E-state index in [1.165, 1.54) is 95.2 Å². The van der Waals surface area contributed by atoms with Crippen LogP contribution in [-0.2, 0) is 24.4 Å². The second-order valence-corrected chi connectivity index (χ2v) is 12.6. The lowest BCUT2D eigenvalue weighted by Crippen LogP contribution is -2.43. The molecule has 3 aromatic rings. The molecule has 3 saturated heterocycles. The first-order valence-electron chi connectivity index (χ1n) is 17.6. The summed E-state index contributed by atoms with van der Waals surface area (Å²) in [6, 6.07) is 32.2. The van der Waals surface area contributed by atoms with E-state index in [-0.39, 0.29) is 0 Å². The third-order valence-electron chi connectivity index (χ3n) is 8.53. The molecule has 6 rings (SSSR count). The lowest BCUT2D eigenvalue weighted by Gasteiger charge is -2.32. The van der Waals surface area contributed by atoms with Gasteiger partial charge in [0, 0.05) is 127 Å². The maximum atomic E-state index is 7.00. The average Bonchev–Trinajstić information content (AvgIpc) is 3.15. The maximum Gasteiger partial charge on any atom is 0.0351 e. The number of nitrogens with zero attached hydrogens (tertiary/aromatic N) is 6. The van der Waals surface area contributed by atoms with E-state index < -0.39 is 0 Å². The van der Waals surface area contributed by atoms with Crippen LogP contribution in [0.25, 0.3) is 0 Å². The summed E-state index contributed by atoms with van der Waals surface area (Å²) < 4.78 is 4.25. The molecule has 3 heterocycles. The number of rotatable bonds is 6. The van der Waals surface area contributed by atoms with Gasteiger partial charge in [0.15, 0.2) is 0 Å². The van der Waals surface area contributed by atoms with Crippen LogP contribution in [0.5, 0.6) is 0 Å². The molecule has 0 atom stereocenters. The summed E-state index contributed by atoms with van der Waals surface area (Å²) in [5.41, 5.74) is 4.28. The third kappa shape index (κ3) is 21.2. The number of benzene rings is 3. The van der Waals surface area contributed by atoms with E-state index in [1.54, 1.807) is 14.2 Å². The smallest absolute Gasteiger partial charge is 0.0351 e. The summed E-state index contributed by atoms with van der Waals surface area (Å²) in [4.78, 5) is 14.7. The summed E-state index contributed by atoms with van der Waals surface area (Å²) in [6.45, 7) is 17.7. The van der Waals surface area contributed by atoms with Gasteiger partial charge in [-0.1, -0.05) is 91.0 Å². The Hall–Kier alpha value is -2.70. The van der Waals surface area contributed by atoms with Crippen molar-refractivity contribution in [3.63, 3.8) is 0 Å². The Morgan fingerprint density at radius 2 is 0.571 bits per heavy atom. The first-order valence-corrected chi connectivity index (χ1v) is 17.6. The number of hydrogen-bond donors (Lipinski definition) is 2. The van der Waals surface area contributed by atoms with Gasteiger partial charge in [0.05, 0.1) is 0 Å². The molecule has 0 bridgehead atoms. The maximum absolute atomic E-state index is 7.00. The SMILES string of the molecule is CN1CCN(Cc2ccccc2)CC1.CN1CCN(Cc2ccccc2)CC1.CN1CCN(Cc2ccccc2)CC1.CO.CO.COC. The minimum absolute atomic E-state index is 1.00. The molecule has 0 aliphatic carbocycles. The van der Waals surface area contributed by atoms with E-state index in [1.807, 2.05) is 0 Å². The van der Waals surface area contributed by atoms with Gasteiger partial charge in [-0.3, -0.25) is 14.7 Å². The number of aliphatic hydroxyl groups excluding tert-OH is 2. The molecule has 276 valence electrons. The molecule has 3 aromatic carbocycles. The van der Waals surface area contributed by atoms with Crippen LogP contribution < -0.4 is 0 Å². The van der Waals surface area contributed by atoms with Crippen molar-refractivity contribution >= 4 is 0 Å². The van der Waals surface area contributed by atoms with Crippen molar-refractivity contribution in [1.29, 1.82) is 0 Å². The Morgan fingerprint density at radius 3 is 0.755 bits per heavy atom. The second-order valence-electron chi connectivity index (χ2n) is 12.6. The van der Waals surface area contributed by atoms with Gasteiger partial charge >= 0.3 is 0 Å². The highest BCUT2D eigenvalue weighted by Crippen LogP contribution is 2.09. The number of methoxy groups -OCH3 is 1. The molecular weight excluding hydrogens is 612 g/mol. The first kappa shape index (κ1) is 44.3. The van der Waals surface area contributed by atoms with Crippen molar-refractivity contribution in [2.75, 3.05) is 128 Å². The Labute approximate surface area is 299 Å². The molecule has 0 saturated carbocycles. The van der Waals surface area contributed by atoms with Gasteiger partial charge in [-0.2, -0.15) is 0 Å². The molecule has 3 aliphatic heterocycles. The number of piperazine rings is 3. The summed E-state index contributed by atoms with van der Waals surface area (Å²) in [7, 11) is 11.8. The van der Waals surface area contributed by atoms with Gasteiger partial charge in [0.2, 0.25) is 0 Å². The van der Waals surface area contributed by atoms with E-state index in [2.05, 4.69) is 146 Å². The molecule has 0 spiro atoms. The van der Waals surface area contributed by atoms with Gasteiger partial charge in [-0.25, -0.2) is 0 Å². The van der Waals surface area contributed by atoms with E-state index in [9.17, 15) is 0 Å². The summed E-state index contributed by atoms with van der Waals surface area (Å²) in [6.07, 6.45) is 0. The van der Waals surface area contributed by atoms with Crippen molar-refractivity contribution in [2.24, 2.45) is 0 Å². The number of ether oxygens (including phenoxy) is 1. The fourth-order valence-corrected chi connectivity index (χ4v) is 5.54. The molecule has 9 nitrogen and oxygen atoms in total. The zero-order chi connectivity index (χ0) is 36.1. The average molecular weight is 681 g/mol. The molecule has 3 fully saturated rings. The van der Waals surface area contributed by atoms with E-state index in [0.29, 0.717) is 0 Å². The highest BCUT2D eigenvalue weighted by atomic mass is 16.4. The topological polar surface area (TPSA) is 69.1 Å². The highest BCUT2D eigenvalue weighted by Gasteiger charge is 2.15. The Kier molecular flexibility index (Phi) is 26.3. The van der Waals surface area contributed by atoms with E-state index in [0.717, 1.165) is 33.9 Å². The summed E-state index contributed by atoms with van der Waals surface area (Å²) >= 11 is 0. The quantitative estimate of drug-likeness (QED) is 0.405. The van der Waals surface area contributed by atoms with Crippen LogP contribution >= 0.6 is 0 Å². The first-order chi connectivity index (χ1) is 23.9. The Balaban J connectivity index is 0.000000336. The normalized spacial score (nSPS) is 17.6. The van der Waals surface area contributed by atoms with Crippen molar-refractivity contribution in [3.8, 4) is 0 Å². The van der Waals surface area contributed by atoms with Crippen LogP contribution in [0.2, 0.25) is 0 Å². The lowest BCUT2D eigenvalue weighted by molar-refractivity contribution is 0.148. The number of likely N-dealkylation sites (N-methyl/N-ethyl adjacent to an activating group) is 3. The lowest BCUT2D eigenvalue weighted by atomic mass is 10.2. The molecule has 49 heavy (non-hydrogen) atoms. The van der Waals surface area contributed by atoms with Gasteiger partial charge in [0.1, 0.15) is 0 Å². The van der Waals surface area contributed by atoms with Crippen LogP contribution in [0.1, 0.15) is 16.7 Å². The highest BCUT2D eigenvalue weighted by molar-refractivity contribution is 5.16. The molecule has 2 N–H and O–H groups in total. The van der Waals surface area contributed by atoms with Gasteiger partial charge in [-0.05, 0) is 37.8 Å². The fraction of sp³-hybridized carbons (Fsp3) is 0.550. The van der Waals surface area contributed by atoms with Crippen LogP contribution in [0.3, 0.4) is 0 Å². The van der Waals surface area contributed by atoms with Crippen molar-refractivity contribution in [3.05, 3.63) is 108 Å². The standard InChI is InChI=1S/3C12H18N2.C2H6O.2CH4O/c3*1-13-7-9-14(10-8-13)11-12-5-3-2-4-6-12;1-3-2;2*1-2/h3*2-6H,7-11H2,1H3;1-2H3;2*2H,1H3. The molecule has 0 radical (unpaired) electrons. The molecule has 0 amide bonds. The predicted molar refractivity (Wildman–Crippen MR) is 207 cm³/mol. The largest absolute Gasteiger partial charge is 0.400 e. The third-order valence-corrected chi connectivity index (χ3v) is 8.53. The molecule has 9 heteroatoms. The second kappa shape index (κ2) is 29.1. The van der Waals surface area contributed by atoms with E-state index >= 15 is 0 Å². The van der Waals surface area contributed by atoms with Crippen LogP contribution in [-0.4, -0.2) is 168 Å². The minimum Gasteiger partial charge on any atom is -0.400 e. The van der Waals surface area contributed by atoms with Crippen LogP contribution in [0.4, 0.5) is 0 Å². The zero-order valence-corrected chi connectivity index (χ0v) is 31.8. The fourth-order valence-electron chi connectivity index (χ4n) is 5.54. The predicted octanol–water partition coefficient (Wildman–Crippen LogP) is 3.78. The van der Waals surface area contributed by atoms with Crippen LogP contribution in [0.15, 0.2) is 91.0 Å². The summed E-state index contributed by atoms with van der Waals surface area (Å²) in [5.74, 6) is 0. The monoisotopic (exact) mass is 681 g/mol. The van der Waals surface area contributed by atoms with Gasteiger partial charge < -0.3 is 29.6 Å². The van der Waals surface area contributed by atoms with Crippen molar-refractivity contribution < 1.29 is 14.9 Å². The number of aliphatic hydroxyl groups is 2. The molecule has 3 aliphatic rings. The van der Waals surface area contributed by atoms with Crippen molar-refractivity contribution in [2.45, 2.75) is 19.6 Å². The summed E-state index contributed by atoms with van der Waals surface area (Å²) in [5, 5.41) is 14.0. The van der Waals surface area contributed by atoms with Gasteiger partial charge in [0.25, 0.3) is 0 Å². The van der Waals surface area contributed by atoms with E-state index in [4.69, 9.17) is 10.2 Å². The minimum atomic E-state index is 1.00.